The molecule has 2 aliphatic rings. The third-order valence-corrected chi connectivity index (χ3v) is 15.7. The lowest BCUT2D eigenvalue weighted by atomic mass is 9.88. The Balaban J connectivity index is 0.878. The van der Waals surface area contributed by atoms with E-state index in [9.17, 15) is 52.5 Å². The second-order valence-corrected chi connectivity index (χ2v) is 24.1. The zero-order chi connectivity index (χ0) is 61.8. The van der Waals surface area contributed by atoms with Crippen LogP contribution in [0.1, 0.15) is 101 Å². The first kappa shape index (κ1) is 64.4. The summed E-state index contributed by atoms with van der Waals surface area (Å²) in [6.45, 7) is 0.513. The number of allylic oxidation sites excluding steroid dienone is 2. The van der Waals surface area contributed by atoms with Crippen molar-refractivity contribution < 1.29 is 83.9 Å². The van der Waals surface area contributed by atoms with Crippen molar-refractivity contribution >= 4 is 82.3 Å². The first-order valence-corrected chi connectivity index (χ1v) is 29.9. The van der Waals surface area contributed by atoms with Crippen LogP contribution in [0, 0.1) is 17.0 Å². The molecular weight excluding hydrogens is 1150 g/mol. The molecule has 2 aliphatic heterocycles. The van der Waals surface area contributed by atoms with Crippen LogP contribution in [0.4, 0.5) is 19.1 Å². The number of carbonyl (C=O) groups excluding carboxylic acids is 4. The van der Waals surface area contributed by atoms with Crippen LogP contribution in [0.15, 0.2) is 89.5 Å². The maximum absolute atomic E-state index is 17.0. The maximum Gasteiger partial charge on any atom is 0.737 e. The van der Waals surface area contributed by atoms with E-state index in [1.165, 1.54) is 18.3 Å². The van der Waals surface area contributed by atoms with Crippen LogP contribution >= 0.6 is 11.3 Å². The summed E-state index contributed by atoms with van der Waals surface area (Å²) in [5.74, 6) is -1.97. The molecule has 0 radical (unpaired) electrons. The van der Waals surface area contributed by atoms with Crippen molar-refractivity contribution in [1.82, 2.24) is 24.7 Å². The molecule has 456 valence electrons. The van der Waals surface area contributed by atoms with Gasteiger partial charge >= 0.3 is 13.1 Å². The highest BCUT2D eigenvalue weighted by Gasteiger charge is 2.54. The maximum atomic E-state index is 17.0. The van der Waals surface area contributed by atoms with Gasteiger partial charge in [-0.3, -0.25) is 33.9 Å². The summed E-state index contributed by atoms with van der Waals surface area (Å²) in [4.78, 5) is 69.8. The Morgan fingerprint density at radius 2 is 1.69 bits per heavy atom. The third-order valence-electron chi connectivity index (χ3n) is 14.0. The number of nitrogens with zero attached hydrogens (tertiary/aromatic N) is 6. The van der Waals surface area contributed by atoms with Crippen LogP contribution in [-0.4, -0.2) is 168 Å². The van der Waals surface area contributed by atoms with Gasteiger partial charge in [-0.15, -0.1) is 16.1 Å². The number of quaternary nitrogens is 1. The van der Waals surface area contributed by atoms with Gasteiger partial charge in [0.1, 0.15) is 30.3 Å². The zero-order valence-electron chi connectivity index (χ0n) is 47.9. The molecular formula is C57H70BF2N8O15S2+. The lowest BCUT2D eigenvalue weighted by Gasteiger charge is -2.31. The van der Waals surface area contributed by atoms with Gasteiger partial charge in [-0.2, -0.15) is 8.42 Å². The van der Waals surface area contributed by atoms with Crippen molar-refractivity contribution in [2.75, 3.05) is 73.3 Å². The van der Waals surface area contributed by atoms with Crippen LogP contribution in [0.25, 0.3) is 18.2 Å². The van der Waals surface area contributed by atoms with E-state index in [2.05, 4.69) is 31.8 Å². The average Bonchev–Trinajstić information content (AvgIpc) is 1.73. The highest BCUT2D eigenvalue weighted by molar-refractivity contribution is 7.85. The molecule has 0 spiro atoms. The van der Waals surface area contributed by atoms with Gasteiger partial charge in [0.15, 0.2) is 17.7 Å². The summed E-state index contributed by atoms with van der Waals surface area (Å²) >= 11 is 1.32. The number of nitro benzene ring substituents is 1. The number of aromatic nitrogens is 2. The summed E-state index contributed by atoms with van der Waals surface area (Å²) in [5, 5.41) is 39.1. The monoisotopic (exact) mass is 1220 g/mol. The predicted molar refractivity (Wildman–Crippen MR) is 315 cm³/mol. The van der Waals surface area contributed by atoms with Crippen molar-refractivity contribution in [3.05, 3.63) is 138 Å². The Kier molecular flexibility index (Phi) is 21.3. The van der Waals surface area contributed by atoms with Gasteiger partial charge in [0.25, 0.3) is 15.8 Å². The number of nitrogens with one attached hydrogen (secondary N) is 2. The van der Waals surface area contributed by atoms with E-state index in [1.807, 2.05) is 4.90 Å². The van der Waals surface area contributed by atoms with Crippen LogP contribution in [-0.2, 0) is 24.4 Å². The minimum absolute atomic E-state index is 0.0178. The van der Waals surface area contributed by atoms with Gasteiger partial charge in [-0.05, 0) is 112 Å². The summed E-state index contributed by atoms with van der Waals surface area (Å²) in [6.07, 6.45) is 7.00. The van der Waals surface area contributed by atoms with Gasteiger partial charge in [-0.25, -0.2) is 4.79 Å². The Bertz CT molecular complexity index is 3480. The number of ether oxygens (including phenoxy) is 3. The summed E-state index contributed by atoms with van der Waals surface area (Å²) < 4.78 is 86.2. The number of amides is 2. The number of benzene rings is 2. The molecule has 5 heterocycles. The highest BCUT2D eigenvalue weighted by atomic mass is 32.2. The molecule has 85 heavy (non-hydrogen) atoms. The van der Waals surface area contributed by atoms with Crippen molar-refractivity contribution in [3.8, 4) is 23.3 Å². The normalized spacial score (nSPS) is 14.5. The quantitative estimate of drug-likeness (QED) is 0.00417. The van der Waals surface area contributed by atoms with Crippen LogP contribution in [0.3, 0.4) is 0 Å². The van der Waals surface area contributed by atoms with E-state index in [-0.39, 0.29) is 80.0 Å². The fourth-order valence-corrected chi connectivity index (χ4v) is 11.0. The molecule has 3 aromatic heterocycles. The first-order chi connectivity index (χ1) is 40.2. The fourth-order valence-electron chi connectivity index (χ4n) is 9.72. The third kappa shape index (κ3) is 17.2. The Morgan fingerprint density at radius 1 is 0.965 bits per heavy atom. The fraction of sp³-hybridized carbons (Fsp3) is 0.386. The van der Waals surface area contributed by atoms with Gasteiger partial charge in [0.05, 0.1) is 67.0 Å². The molecule has 5 aromatic rings. The molecule has 0 aliphatic carbocycles. The average molecular weight is 1220 g/mol. The molecule has 0 saturated heterocycles. The number of carbonyl (C=O) groups is 4. The predicted octanol–water partition coefficient (Wildman–Crippen LogP) is 7.62. The molecule has 23 nitrogen and oxygen atoms in total. The topological polar surface area (TPSA) is 283 Å². The minimum atomic E-state index is -4.41. The van der Waals surface area contributed by atoms with Gasteiger partial charge in [-0.1, -0.05) is 24.3 Å². The molecule has 2 unspecified atom stereocenters. The molecule has 28 heteroatoms. The number of halogens is 2. The van der Waals surface area contributed by atoms with Crippen molar-refractivity contribution in [3.63, 3.8) is 0 Å². The van der Waals surface area contributed by atoms with Gasteiger partial charge in [0, 0.05) is 67.3 Å². The summed E-state index contributed by atoms with van der Waals surface area (Å²) in [5.41, 5.74) is 2.39. The number of nitro groups is 1. The number of likely N-dealkylation sites (N-methyl/N-ethyl adjacent to an activating group) is 1. The van der Waals surface area contributed by atoms with E-state index in [0.29, 0.717) is 75.7 Å². The van der Waals surface area contributed by atoms with Crippen LogP contribution < -0.4 is 24.9 Å². The molecule has 2 aromatic carbocycles. The Hall–Kier alpha value is -8.18. The second-order valence-electron chi connectivity index (χ2n) is 21.6. The summed E-state index contributed by atoms with van der Waals surface area (Å²) in [6, 6.07) is 15.8. The molecule has 7 rings (SSSR count). The van der Waals surface area contributed by atoms with E-state index in [4.69, 9.17) is 19.0 Å². The molecule has 2 atom stereocenters. The van der Waals surface area contributed by atoms with Crippen molar-refractivity contribution in [2.45, 2.75) is 70.9 Å². The minimum Gasteiger partial charge on any atom is -0.494 e. The van der Waals surface area contributed by atoms with E-state index in [0.717, 1.165) is 56.2 Å². The number of fused-ring (bicyclic) bond motifs is 2. The second kappa shape index (κ2) is 28.1. The van der Waals surface area contributed by atoms with E-state index < -0.39 is 63.5 Å². The number of thiophene rings is 1. The number of aldehydes is 1. The largest absolute Gasteiger partial charge is 0.737 e. The standard InChI is InChI=1S/C57H69BF2N8O15S2/c1-38-32-43(64-47(38)35-48-41(12-11-31-85(77,78)79)34-50(52-14-10-30-84-52)65(48)58(64,59)60)19-16-40-17-20-44(21-18-40)80-28-9-15-53(70)62-46(13-7-8-27-68(4,5)6)56(73)61-24-25-63(3)26-29-81-51-36-49(67(75)76)45(33-42(51)37-69)39(2)82-57(74)83-66-54(71)22-23-55(66)72/h10,14,16-23,30,32-37,39,46H,7-9,11-13,15,24-29,31H2,1-6H3,(H4-,61,62,70,71,72,73,77,78,79)/p+1. The molecule has 0 bridgehead atoms. The zero-order valence-corrected chi connectivity index (χ0v) is 49.6. The van der Waals surface area contributed by atoms with Crippen molar-refractivity contribution in [1.29, 1.82) is 0 Å². The molecule has 5 N–H and O–H groups in total. The number of aryl methyl sites for hydroxylation is 1. The van der Waals surface area contributed by atoms with E-state index >= 15 is 8.63 Å². The lowest BCUT2D eigenvalue weighted by Crippen LogP contribution is -2.51. The molecule has 0 saturated carbocycles. The van der Waals surface area contributed by atoms with Gasteiger partial charge in [0.2, 0.25) is 23.6 Å². The number of hydrogen-bond donors (Lipinski definition) is 5. The number of rotatable bonds is 31. The van der Waals surface area contributed by atoms with Gasteiger partial charge < -0.3 is 62.0 Å². The van der Waals surface area contributed by atoms with Crippen molar-refractivity contribution in [2.24, 2.45) is 0 Å². The molecule has 0 fully saturated rings. The van der Waals surface area contributed by atoms with Crippen LogP contribution in [0.5, 0.6) is 23.3 Å². The Morgan fingerprint density at radius 3 is 2.35 bits per heavy atom. The number of aromatic hydroxyl groups is 2. The lowest BCUT2D eigenvalue weighted by molar-refractivity contribution is -0.870. The Labute approximate surface area is 494 Å². The van der Waals surface area contributed by atoms with E-state index in [1.54, 1.807) is 86.1 Å². The van der Waals surface area contributed by atoms with Crippen LogP contribution in [0.2, 0.25) is 0 Å². The summed E-state index contributed by atoms with van der Waals surface area (Å²) in [7, 11) is 3.75. The molecule has 2 amide bonds. The first-order valence-electron chi connectivity index (χ1n) is 27.4. The highest BCUT2D eigenvalue weighted by Crippen LogP contribution is 2.41. The SMILES string of the molecule is Cc1cc(C=Cc2ccc(OCCCC(=O)NC(CCCC[N+](C)(C)C)C(=O)NCCN(C)CCOc3cc([N+](=O)[O-])c(C(C)OC(=O)On4c(O)ccc4O)cc3C=O)cc2)n2c1C=C1C(CCCS(=O)(=O)O)=CC(c3cccs3)=[N+]1[B-]2(F)F. The number of hydrogen-bond acceptors (Lipinski definition) is 16. The smallest absolute Gasteiger partial charge is 0.494 e. The number of unbranched alkanes of at least 4 members (excludes halogenated alkanes) is 1.